The molecule has 2 rings (SSSR count). The maximum Gasteiger partial charge on any atom is 0.00142 e. The lowest BCUT2D eigenvalue weighted by Gasteiger charge is -2.22. The van der Waals surface area contributed by atoms with Crippen LogP contribution in [-0.2, 0) is 0 Å². The Kier molecular flexibility index (Phi) is 4.05. The molecule has 1 aliphatic heterocycles. The largest absolute Gasteiger partial charge is 0.316 e. The predicted molar refractivity (Wildman–Crippen MR) is 61.3 cm³/mol. The fraction of sp³-hybridized carbons (Fsp3) is 0.846. The second kappa shape index (κ2) is 5.55. The van der Waals surface area contributed by atoms with E-state index >= 15 is 0 Å². The molecule has 2 aliphatic rings. The third-order valence-electron chi connectivity index (χ3n) is 3.64. The number of allylic oxidation sites excluding steroid dienone is 1. The highest BCUT2D eigenvalue weighted by atomic mass is 14.9. The molecule has 2 fully saturated rings. The van der Waals surface area contributed by atoms with Gasteiger partial charge in [-0.3, -0.25) is 0 Å². The van der Waals surface area contributed by atoms with Crippen LogP contribution in [-0.4, -0.2) is 13.1 Å². The molecule has 0 radical (unpaired) electrons. The molecular formula is C13H23N. The lowest BCUT2D eigenvalue weighted by atomic mass is 9.87. The van der Waals surface area contributed by atoms with Gasteiger partial charge in [-0.25, -0.2) is 0 Å². The second-order valence-electron chi connectivity index (χ2n) is 4.89. The summed E-state index contributed by atoms with van der Waals surface area (Å²) in [5.74, 6) is 1.73. The maximum atomic E-state index is 3.47. The molecule has 0 aromatic carbocycles. The van der Waals surface area contributed by atoms with Gasteiger partial charge in [0.15, 0.2) is 0 Å². The van der Waals surface area contributed by atoms with E-state index in [1.54, 1.807) is 0 Å². The molecule has 1 atom stereocenters. The van der Waals surface area contributed by atoms with E-state index in [1.165, 1.54) is 58.0 Å². The van der Waals surface area contributed by atoms with Crippen LogP contribution < -0.4 is 5.32 Å². The normalized spacial score (nSPS) is 31.0. The molecule has 0 aromatic rings. The lowest BCUT2D eigenvalue weighted by molar-refractivity contribution is 0.408. The fourth-order valence-corrected chi connectivity index (χ4v) is 2.68. The van der Waals surface area contributed by atoms with E-state index in [0.717, 1.165) is 11.8 Å². The molecule has 0 spiro atoms. The van der Waals surface area contributed by atoms with Crippen molar-refractivity contribution in [2.75, 3.05) is 13.1 Å². The van der Waals surface area contributed by atoms with E-state index in [1.807, 2.05) is 0 Å². The van der Waals surface area contributed by atoms with Crippen LogP contribution in [0.1, 0.15) is 44.9 Å². The summed E-state index contributed by atoms with van der Waals surface area (Å²) < 4.78 is 0. The Bertz CT molecular complexity index is 154. The van der Waals surface area contributed by atoms with E-state index in [4.69, 9.17) is 0 Å². The monoisotopic (exact) mass is 193 g/mol. The number of piperidine rings is 1. The van der Waals surface area contributed by atoms with Gasteiger partial charge in [0.25, 0.3) is 0 Å². The summed E-state index contributed by atoms with van der Waals surface area (Å²) in [4.78, 5) is 0. The van der Waals surface area contributed by atoms with Crippen molar-refractivity contribution in [1.82, 2.24) is 5.32 Å². The van der Waals surface area contributed by atoms with Crippen molar-refractivity contribution in [1.29, 1.82) is 0 Å². The molecular weight excluding hydrogens is 170 g/mol. The van der Waals surface area contributed by atoms with Crippen molar-refractivity contribution in [3.63, 3.8) is 0 Å². The zero-order valence-electron chi connectivity index (χ0n) is 9.17. The Morgan fingerprint density at radius 3 is 2.21 bits per heavy atom. The molecule has 1 aliphatic carbocycles. The van der Waals surface area contributed by atoms with Gasteiger partial charge in [-0.2, -0.15) is 0 Å². The molecule has 1 unspecified atom stereocenters. The number of nitrogens with one attached hydrogen (secondary N) is 1. The molecule has 0 bridgehead atoms. The Hall–Kier alpha value is -0.300. The standard InChI is InChI=1S/C13H23N/c1-2-5-12(6-3-1)8-9-13-7-4-10-14-11-13/h8-9,12-14H,1-7,10-11H2/b9-8+. The highest BCUT2D eigenvalue weighted by molar-refractivity contribution is 4.95. The van der Waals surface area contributed by atoms with Gasteiger partial charge in [-0.15, -0.1) is 0 Å². The topological polar surface area (TPSA) is 12.0 Å². The van der Waals surface area contributed by atoms with Crippen molar-refractivity contribution in [3.05, 3.63) is 12.2 Å². The zero-order chi connectivity index (χ0) is 9.64. The Morgan fingerprint density at radius 1 is 0.786 bits per heavy atom. The molecule has 1 nitrogen and oxygen atoms in total. The van der Waals surface area contributed by atoms with E-state index in [2.05, 4.69) is 17.5 Å². The predicted octanol–water partition coefficient (Wildman–Crippen LogP) is 3.12. The van der Waals surface area contributed by atoms with Crippen LogP contribution in [0.15, 0.2) is 12.2 Å². The van der Waals surface area contributed by atoms with E-state index in [0.29, 0.717) is 0 Å². The third-order valence-corrected chi connectivity index (χ3v) is 3.64. The molecule has 1 N–H and O–H groups in total. The molecule has 14 heavy (non-hydrogen) atoms. The molecule has 1 saturated heterocycles. The molecule has 80 valence electrons. The van der Waals surface area contributed by atoms with Crippen molar-refractivity contribution in [2.45, 2.75) is 44.9 Å². The average Bonchev–Trinajstić information content (AvgIpc) is 2.29. The summed E-state index contributed by atoms with van der Waals surface area (Å²) in [6.07, 6.45) is 15.0. The molecule has 0 amide bonds. The number of hydrogen-bond donors (Lipinski definition) is 1. The lowest BCUT2D eigenvalue weighted by Crippen LogP contribution is -2.28. The number of hydrogen-bond acceptors (Lipinski definition) is 1. The Labute approximate surface area is 88.0 Å². The minimum atomic E-state index is 0.825. The minimum Gasteiger partial charge on any atom is -0.316 e. The van der Waals surface area contributed by atoms with Gasteiger partial charge in [0.1, 0.15) is 0 Å². The van der Waals surface area contributed by atoms with Gasteiger partial charge in [-0.1, -0.05) is 31.4 Å². The van der Waals surface area contributed by atoms with Crippen LogP contribution in [0.25, 0.3) is 0 Å². The van der Waals surface area contributed by atoms with E-state index in [9.17, 15) is 0 Å². The SMILES string of the molecule is C(=C\C1CCCNC1)/C1CCCCC1. The van der Waals surface area contributed by atoms with Gasteiger partial charge >= 0.3 is 0 Å². The van der Waals surface area contributed by atoms with Gasteiger partial charge in [0, 0.05) is 6.54 Å². The van der Waals surface area contributed by atoms with Crippen LogP contribution in [0.4, 0.5) is 0 Å². The molecule has 1 saturated carbocycles. The van der Waals surface area contributed by atoms with Gasteiger partial charge in [-0.05, 0) is 44.1 Å². The fourth-order valence-electron chi connectivity index (χ4n) is 2.68. The molecule has 0 aromatic heterocycles. The summed E-state index contributed by atoms with van der Waals surface area (Å²) in [6, 6.07) is 0. The summed E-state index contributed by atoms with van der Waals surface area (Å²) in [5.41, 5.74) is 0. The summed E-state index contributed by atoms with van der Waals surface area (Å²) >= 11 is 0. The van der Waals surface area contributed by atoms with Crippen molar-refractivity contribution in [3.8, 4) is 0 Å². The first-order valence-corrected chi connectivity index (χ1v) is 6.34. The summed E-state index contributed by atoms with van der Waals surface area (Å²) in [5, 5.41) is 3.47. The molecule has 1 heterocycles. The van der Waals surface area contributed by atoms with E-state index < -0.39 is 0 Å². The average molecular weight is 193 g/mol. The maximum absolute atomic E-state index is 3.47. The van der Waals surface area contributed by atoms with E-state index in [-0.39, 0.29) is 0 Å². The number of rotatable bonds is 2. The first kappa shape index (κ1) is 10.2. The minimum absolute atomic E-state index is 0.825. The first-order valence-electron chi connectivity index (χ1n) is 6.34. The first-order chi connectivity index (χ1) is 6.95. The highest BCUT2D eigenvalue weighted by Crippen LogP contribution is 2.25. The van der Waals surface area contributed by atoms with Gasteiger partial charge in [0.05, 0.1) is 0 Å². The zero-order valence-corrected chi connectivity index (χ0v) is 9.17. The Morgan fingerprint density at radius 2 is 1.50 bits per heavy atom. The Balaban J connectivity index is 1.73. The molecule has 1 heteroatoms. The van der Waals surface area contributed by atoms with Crippen molar-refractivity contribution >= 4 is 0 Å². The van der Waals surface area contributed by atoms with Crippen molar-refractivity contribution < 1.29 is 0 Å². The third kappa shape index (κ3) is 3.13. The van der Waals surface area contributed by atoms with Crippen LogP contribution in [0.5, 0.6) is 0 Å². The highest BCUT2D eigenvalue weighted by Gasteiger charge is 2.12. The van der Waals surface area contributed by atoms with Gasteiger partial charge in [0.2, 0.25) is 0 Å². The quantitative estimate of drug-likeness (QED) is 0.664. The van der Waals surface area contributed by atoms with Crippen LogP contribution >= 0.6 is 0 Å². The van der Waals surface area contributed by atoms with Crippen LogP contribution in [0, 0.1) is 11.8 Å². The second-order valence-corrected chi connectivity index (χ2v) is 4.89. The van der Waals surface area contributed by atoms with Gasteiger partial charge < -0.3 is 5.32 Å². The van der Waals surface area contributed by atoms with Crippen molar-refractivity contribution in [2.24, 2.45) is 11.8 Å². The van der Waals surface area contributed by atoms with Crippen LogP contribution in [0.2, 0.25) is 0 Å². The summed E-state index contributed by atoms with van der Waals surface area (Å²) in [6.45, 7) is 2.44. The van der Waals surface area contributed by atoms with Crippen LogP contribution in [0.3, 0.4) is 0 Å². The smallest absolute Gasteiger partial charge is 0.00142 e. The summed E-state index contributed by atoms with van der Waals surface area (Å²) in [7, 11) is 0.